The lowest BCUT2D eigenvalue weighted by Gasteiger charge is -2.18. The van der Waals surface area contributed by atoms with Gasteiger partial charge in [-0.15, -0.1) is 0 Å². The van der Waals surface area contributed by atoms with Crippen LogP contribution in [0.2, 0.25) is 0 Å². The second-order valence-electron chi connectivity index (χ2n) is 7.11. The van der Waals surface area contributed by atoms with Crippen LogP contribution in [0.25, 0.3) is 11.3 Å². The number of nitrogens with one attached hydrogen (secondary N) is 1. The standard InChI is InChI=1S/C22H19F4N3O2/c1-12-3-5-19(27-10-12)14-7-15(20(30)22(24,25)26)9-16(8-14)21(31)29-13(2)18-6-4-17(23)11-28-18/h3-11,13,20,30H,1-2H3,(H,29,31)/t13-,20+/m0/s1. The summed E-state index contributed by atoms with van der Waals surface area (Å²) in [7, 11) is 0. The zero-order valence-corrected chi connectivity index (χ0v) is 16.6. The lowest BCUT2D eigenvalue weighted by atomic mass is 9.98. The summed E-state index contributed by atoms with van der Waals surface area (Å²) in [5, 5.41) is 12.4. The van der Waals surface area contributed by atoms with Crippen LogP contribution in [-0.4, -0.2) is 27.2 Å². The summed E-state index contributed by atoms with van der Waals surface area (Å²) in [5.41, 5.74) is 1.26. The van der Waals surface area contributed by atoms with E-state index in [9.17, 15) is 27.5 Å². The van der Waals surface area contributed by atoms with Gasteiger partial charge in [-0.3, -0.25) is 14.8 Å². The molecule has 1 amide bonds. The number of alkyl halides is 3. The molecule has 0 unspecified atom stereocenters. The van der Waals surface area contributed by atoms with Gasteiger partial charge in [0.25, 0.3) is 5.91 Å². The molecule has 0 aliphatic rings. The van der Waals surface area contributed by atoms with E-state index in [1.165, 1.54) is 18.2 Å². The van der Waals surface area contributed by atoms with E-state index in [0.29, 0.717) is 11.4 Å². The molecule has 31 heavy (non-hydrogen) atoms. The molecule has 9 heteroatoms. The number of amides is 1. The minimum atomic E-state index is -4.90. The summed E-state index contributed by atoms with van der Waals surface area (Å²) >= 11 is 0. The molecule has 0 saturated carbocycles. The number of pyridine rings is 2. The fourth-order valence-electron chi connectivity index (χ4n) is 2.91. The number of benzene rings is 1. The molecule has 2 N–H and O–H groups in total. The topological polar surface area (TPSA) is 75.1 Å². The number of aliphatic hydroxyl groups is 1. The van der Waals surface area contributed by atoms with Gasteiger partial charge in [0.1, 0.15) is 5.82 Å². The molecule has 0 saturated heterocycles. The Morgan fingerprint density at radius 3 is 2.39 bits per heavy atom. The molecular formula is C22H19F4N3O2. The van der Waals surface area contributed by atoms with Crippen molar-refractivity contribution in [2.45, 2.75) is 32.2 Å². The van der Waals surface area contributed by atoms with Gasteiger partial charge in [-0.2, -0.15) is 13.2 Å². The Morgan fingerprint density at radius 1 is 1.06 bits per heavy atom. The van der Waals surface area contributed by atoms with E-state index in [1.807, 2.05) is 6.92 Å². The summed E-state index contributed by atoms with van der Waals surface area (Å²) in [6, 6.07) is 8.82. The molecule has 0 aliphatic carbocycles. The van der Waals surface area contributed by atoms with Crippen molar-refractivity contribution >= 4 is 5.91 Å². The average molecular weight is 433 g/mol. The van der Waals surface area contributed by atoms with Crippen molar-refractivity contribution < 1.29 is 27.5 Å². The maximum absolute atomic E-state index is 13.1. The second kappa shape index (κ2) is 8.81. The average Bonchev–Trinajstić information content (AvgIpc) is 2.73. The Balaban J connectivity index is 1.97. The van der Waals surface area contributed by atoms with Gasteiger partial charge in [-0.1, -0.05) is 6.07 Å². The smallest absolute Gasteiger partial charge is 0.379 e. The summed E-state index contributed by atoms with van der Waals surface area (Å²) in [5.74, 6) is -1.21. The molecule has 162 valence electrons. The largest absolute Gasteiger partial charge is 0.418 e. The molecule has 0 spiro atoms. The summed E-state index contributed by atoms with van der Waals surface area (Å²) in [6.07, 6.45) is -5.12. The lowest BCUT2D eigenvalue weighted by Crippen LogP contribution is -2.28. The highest BCUT2D eigenvalue weighted by Crippen LogP contribution is 2.35. The first-order chi connectivity index (χ1) is 14.5. The first kappa shape index (κ1) is 22.4. The quantitative estimate of drug-likeness (QED) is 0.573. The van der Waals surface area contributed by atoms with Crippen LogP contribution in [0.4, 0.5) is 17.6 Å². The number of hydrogen-bond acceptors (Lipinski definition) is 4. The third kappa shape index (κ3) is 5.43. The van der Waals surface area contributed by atoms with E-state index in [0.717, 1.165) is 23.9 Å². The van der Waals surface area contributed by atoms with Crippen molar-refractivity contribution in [3.05, 3.63) is 83.1 Å². The number of aryl methyl sites for hydroxylation is 1. The molecule has 3 rings (SSSR count). The maximum Gasteiger partial charge on any atom is 0.418 e. The van der Waals surface area contributed by atoms with Crippen molar-refractivity contribution in [3.63, 3.8) is 0 Å². The van der Waals surface area contributed by atoms with Crippen LogP contribution in [0.1, 0.15) is 46.2 Å². The number of aromatic nitrogens is 2. The van der Waals surface area contributed by atoms with Crippen molar-refractivity contribution in [1.29, 1.82) is 0 Å². The number of aliphatic hydroxyl groups excluding tert-OH is 1. The number of carbonyl (C=O) groups is 1. The zero-order valence-electron chi connectivity index (χ0n) is 16.6. The van der Waals surface area contributed by atoms with E-state index in [4.69, 9.17) is 0 Å². The van der Waals surface area contributed by atoms with Crippen molar-refractivity contribution in [2.75, 3.05) is 0 Å². The van der Waals surface area contributed by atoms with Crippen LogP contribution in [0.5, 0.6) is 0 Å². The number of hydrogen-bond donors (Lipinski definition) is 2. The van der Waals surface area contributed by atoms with Gasteiger partial charge in [0, 0.05) is 17.3 Å². The van der Waals surface area contributed by atoms with Crippen LogP contribution < -0.4 is 5.32 Å². The van der Waals surface area contributed by atoms with Crippen LogP contribution in [-0.2, 0) is 0 Å². The molecule has 2 atom stereocenters. The van der Waals surface area contributed by atoms with Crippen LogP contribution in [0, 0.1) is 12.7 Å². The molecule has 2 heterocycles. The third-order valence-electron chi connectivity index (χ3n) is 4.59. The van der Waals surface area contributed by atoms with Gasteiger partial charge in [-0.05, 0) is 61.4 Å². The van der Waals surface area contributed by atoms with E-state index < -0.39 is 35.6 Å². The van der Waals surface area contributed by atoms with Crippen molar-refractivity contribution in [1.82, 2.24) is 15.3 Å². The van der Waals surface area contributed by atoms with E-state index >= 15 is 0 Å². The Bertz CT molecular complexity index is 1070. The minimum Gasteiger partial charge on any atom is -0.379 e. The van der Waals surface area contributed by atoms with Gasteiger partial charge in [0.15, 0.2) is 6.10 Å². The number of rotatable bonds is 5. The number of nitrogens with zero attached hydrogens (tertiary/aromatic N) is 2. The third-order valence-corrected chi connectivity index (χ3v) is 4.59. The van der Waals surface area contributed by atoms with E-state index in [1.54, 1.807) is 25.3 Å². The van der Waals surface area contributed by atoms with Crippen LogP contribution >= 0.6 is 0 Å². The molecule has 3 aromatic rings. The molecule has 0 radical (unpaired) electrons. The summed E-state index contributed by atoms with van der Waals surface area (Å²) in [4.78, 5) is 20.8. The van der Waals surface area contributed by atoms with Gasteiger partial charge in [0.05, 0.1) is 23.6 Å². The normalized spacial score (nSPS) is 13.5. The number of halogens is 4. The van der Waals surface area contributed by atoms with Crippen molar-refractivity contribution in [3.8, 4) is 11.3 Å². The second-order valence-corrected chi connectivity index (χ2v) is 7.11. The molecule has 0 bridgehead atoms. The SMILES string of the molecule is Cc1ccc(-c2cc(C(=O)N[C@@H](C)c3ccc(F)cn3)cc([C@@H](O)C(F)(F)F)c2)nc1. The Kier molecular flexibility index (Phi) is 6.35. The first-order valence-electron chi connectivity index (χ1n) is 9.29. The Morgan fingerprint density at radius 2 is 1.81 bits per heavy atom. The fourth-order valence-corrected chi connectivity index (χ4v) is 2.91. The van der Waals surface area contributed by atoms with E-state index in [2.05, 4.69) is 15.3 Å². The zero-order chi connectivity index (χ0) is 22.8. The first-order valence-corrected chi connectivity index (χ1v) is 9.29. The van der Waals surface area contributed by atoms with E-state index in [-0.39, 0.29) is 11.1 Å². The molecule has 0 fully saturated rings. The van der Waals surface area contributed by atoms with Crippen LogP contribution in [0.15, 0.2) is 54.9 Å². The molecular weight excluding hydrogens is 414 g/mol. The molecule has 1 aromatic carbocycles. The van der Waals surface area contributed by atoms with Crippen LogP contribution in [0.3, 0.4) is 0 Å². The fraction of sp³-hybridized carbons (Fsp3) is 0.227. The predicted octanol–water partition coefficient (Wildman–Crippen LogP) is 4.68. The maximum atomic E-state index is 13.1. The summed E-state index contributed by atoms with van der Waals surface area (Å²) in [6.45, 7) is 3.42. The van der Waals surface area contributed by atoms with Crippen molar-refractivity contribution in [2.24, 2.45) is 0 Å². The number of carbonyl (C=O) groups excluding carboxylic acids is 1. The minimum absolute atomic E-state index is 0.0906. The molecule has 0 aliphatic heterocycles. The monoisotopic (exact) mass is 433 g/mol. The predicted molar refractivity (Wildman–Crippen MR) is 106 cm³/mol. The highest BCUT2D eigenvalue weighted by molar-refractivity contribution is 5.96. The summed E-state index contributed by atoms with van der Waals surface area (Å²) < 4.78 is 52.4. The highest BCUT2D eigenvalue weighted by atomic mass is 19.4. The highest BCUT2D eigenvalue weighted by Gasteiger charge is 2.39. The Labute approximate surface area is 175 Å². The van der Waals surface area contributed by atoms with Gasteiger partial charge >= 0.3 is 6.18 Å². The lowest BCUT2D eigenvalue weighted by molar-refractivity contribution is -0.206. The van der Waals surface area contributed by atoms with Gasteiger partial charge < -0.3 is 10.4 Å². The molecule has 2 aromatic heterocycles. The molecule has 5 nitrogen and oxygen atoms in total. The van der Waals surface area contributed by atoms with Gasteiger partial charge in [0.2, 0.25) is 0 Å². The Hall–Kier alpha value is -3.33. The van der Waals surface area contributed by atoms with Gasteiger partial charge in [-0.25, -0.2) is 4.39 Å².